The molecule has 0 unspecified atom stereocenters. The molecule has 2 N–H and O–H groups in total. The van der Waals surface area contributed by atoms with Crippen molar-refractivity contribution in [2.45, 2.75) is 20.0 Å². The zero-order chi connectivity index (χ0) is 24.5. The van der Waals surface area contributed by atoms with Crippen LogP contribution in [0.2, 0.25) is 10.0 Å². The van der Waals surface area contributed by atoms with Crippen LogP contribution in [0.5, 0.6) is 11.5 Å². The number of nitrogens with one attached hydrogen (secondary N) is 2. The van der Waals surface area contributed by atoms with Gasteiger partial charge in [0.05, 0.1) is 23.4 Å². The molecule has 0 heterocycles. The molecule has 3 aromatic carbocycles. The first kappa shape index (κ1) is 25.1. The van der Waals surface area contributed by atoms with Crippen LogP contribution in [0.15, 0.2) is 65.8 Å². The number of aryl methyl sites for hydroxylation is 1. The maximum Gasteiger partial charge on any atom is 0.249 e. The summed E-state index contributed by atoms with van der Waals surface area (Å²) in [6, 6.07) is 18.0. The number of anilines is 1. The Bertz CT molecular complexity index is 1200. The van der Waals surface area contributed by atoms with Crippen LogP contribution in [0.25, 0.3) is 0 Å². The van der Waals surface area contributed by atoms with E-state index < -0.39 is 18.2 Å². The number of carbonyl (C=O) groups excluding carboxylic acids is 2. The second-order valence-corrected chi connectivity index (χ2v) is 8.15. The van der Waals surface area contributed by atoms with Crippen molar-refractivity contribution in [3.8, 4) is 11.5 Å². The summed E-state index contributed by atoms with van der Waals surface area (Å²) in [6.45, 7) is 2.44. The number of nitrogens with zero attached hydrogens (tertiary/aromatic N) is 1. The van der Waals surface area contributed by atoms with Gasteiger partial charge in [-0.25, -0.2) is 5.43 Å². The van der Waals surface area contributed by atoms with Crippen LogP contribution in [0.3, 0.4) is 0 Å². The smallest absolute Gasteiger partial charge is 0.249 e. The Kier molecular flexibility index (Phi) is 8.90. The minimum atomic E-state index is -0.571. The van der Waals surface area contributed by atoms with Crippen LogP contribution in [0.4, 0.5) is 5.69 Å². The molecule has 0 saturated heterocycles. The predicted octanol–water partition coefficient (Wildman–Crippen LogP) is 5.37. The van der Waals surface area contributed by atoms with Gasteiger partial charge in [0.25, 0.3) is 0 Å². The summed E-state index contributed by atoms with van der Waals surface area (Å²) in [5.41, 5.74) is 5.67. The Morgan fingerprint density at radius 2 is 1.71 bits per heavy atom. The molecule has 9 heteroatoms. The van der Waals surface area contributed by atoms with Crippen LogP contribution in [-0.4, -0.2) is 25.1 Å². The number of methoxy groups -OCH3 is 1. The number of carbonyl (C=O) groups is 2. The first-order valence-corrected chi connectivity index (χ1v) is 11.0. The molecule has 0 fully saturated rings. The van der Waals surface area contributed by atoms with Gasteiger partial charge in [0.2, 0.25) is 11.8 Å². The minimum absolute atomic E-state index is 0.301. The Morgan fingerprint density at radius 3 is 2.41 bits per heavy atom. The SMILES string of the molecule is COc1cc(C=NNC(=O)CC(=O)Nc2ccc(Cl)c(Cl)c2)ccc1OCc1ccc(C)cc1. The molecule has 0 spiro atoms. The molecule has 0 atom stereocenters. The van der Waals surface area contributed by atoms with Gasteiger partial charge in [-0.1, -0.05) is 53.0 Å². The fourth-order valence-electron chi connectivity index (χ4n) is 2.87. The van der Waals surface area contributed by atoms with Gasteiger partial charge >= 0.3 is 0 Å². The van der Waals surface area contributed by atoms with Crippen molar-refractivity contribution >= 4 is 46.9 Å². The molecule has 7 nitrogen and oxygen atoms in total. The first-order valence-electron chi connectivity index (χ1n) is 10.3. The van der Waals surface area contributed by atoms with Crippen molar-refractivity contribution < 1.29 is 19.1 Å². The second-order valence-electron chi connectivity index (χ2n) is 7.33. The molecular formula is C25H23Cl2N3O4. The summed E-state index contributed by atoms with van der Waals surface area (Å²) in [6.07, 6.45) is 1.04. The first-order chi connectivity index (χ1) is 16.3. The highest BCUT2D eigenvalue weighted by Gasteiger charge is 2.10. The number of ether oxygens (including phenoxy) is 2. The third-order valence-corrected chi connectivity index (χ3v) is 5.37. The van der Waals surface area contributed by atoms with E-state index in [1.807, 2.05) is 31.2 Å². The van der Waals surface area contributed by atoms with E-state index in [0.29, 0.717) is 39.4 Å². The Morgan fingerprint density at radius 1 is 0.941 bits per heavy atom. The zero-order valence-corrected chi connectivity index (χ0v) is 20.1. The molecule has 0 aromatic heterocycles. The lowest BCUT2D eigenvalue weighted by Crippen LogP contribution is -2.24. The summed E-state index contributed by atoms with van der Waals surface area (Å²) in [4.78, 5) is 24.0. The third kappa shape index (κ3) is 7.50. The Labute approximate surface area is 207 Å². The maximum atomic E-state index is 12.0. The van der Waals surface area contributed by atoms with Crippen LogP contribution in [0.1, 0.15) is 23.1 Å². The second kappa shape index (κ2) is 12.1. The summed E-state index contributed by atoms with van der Waals surface area (Å²) in [7, 11) is 1.54. The van der Waals surface area contributed by atoms with Gasteiger partial charge in [0.15, 0.2) is 11.5 Å². The van der Waals surface area contributed by atoms with E-state index in [-0.39, 0.29) is 0 Å². The number of hydrogen-bond acceptors (Lipinski definition) is 5. The molecule has 34 heavy (non-hydrogen) atoms. The number of amides is 2. The lowest BCUT2D eigenvalue weighted by Gasteiger charge is -2.11. The highest BCUT2D eigenvalue weighted by Crippen LogP contribution is 2.28. The molecule has 0 bridgehead atoms. The quantitative estimate of drug-likeness (QED) is 0.235. The van der Waals surface area contributed by atoms with E-state index in [0.717, 1.165) is 5.56 Å². The van der Waals surface area contributed by atoms with E-state index in [1.165, 1.54) is 17.8 Å². The minimum Gasteiger partial charge on any atom is -0.493 e. The fraction of sp³-hybridized carbons (Fsp3) is 0.160. The lowest BCUT2D eigenvalue weighted by atomic mass is 10.2. The Hall–Kier alpha value is -3.55. The maximum absolute atomic E-state index is 12.0. The van der Waals surface area contributed by atoms with E-state index in [9.17, 15) is 9.59 Å². The van der Waals surface area contributed by atoms with Gasteiger partial charge in [0, 0.05) is 5.69 Å². The van der Waals surface area contributed by atoms with Gasteiger partial charge < -0.3 is 14.8 Å². The van der Waals surface area contributed by atoms with Crippen LogP contribution in [0, 0.1) is 6.92 Å². The van der Waals surface area contributed by atoms with Crippen molar-refractivity contribution in [2.75, 3.05) is 12.4 Å². The molecule has 0 aliphatic heterocycles. The van der Waals surface area contributed by atoms with Crippen molar-refractivity contribution in [3.63, 3.8) is 0 Å². The van der Waals surface area contributed by atoms with Crippen molar-refractivity contribution in [2.24, 2.45) is 5.10 Å². The standard InChI is InChI=1S/C25H23Cl2N3O4/c1-16-3-5-17(6-4-16)15-34-22-10-7-18(11-23(22)33-2)14-28-30-25(32)13-24(31)29-19-8-9-20(26)21(27)12-19/h3-12,14H,13,15H2,1-2H3,(H,29,31)(H,30,32). The predicted molar refractivity (Wildman–Crippen MR) is 134 cm³/mol. The molecule has 0 radical (unpaired) electrons. The number of rotatable bonds is 9. The van der Waals surface area contributed by atoms with E-state index >= 15 is 0 Å². The van der Waals surface area contributed by atoms with Crippen molar-refractivity contribution in [3.05, 3.63) is 87.4 Å². The van der Waals surface area contributed by atoms with Gasteiger partial charge in [0.1, 0.15) is 13.0 Å². The van der Waals surface area contributed by atoms with Gasteiger partial charge in [-0.2, -0.15) is 5.10 Å². The molecule has 2 amide bonds. The molecule has 0 saturated carbocycles. The monoisotopic (exact) mass is 499 g/mol. The fourth-order valence-corrected chi connectivity index (χ4v) is 3.17. The van der Waals surface area contributed by atoms with E-state index in [1.54, 1.807) is 37.4 Å². The normalized spacial score (nSPS) is 10.7. The molecule has 176 valence electrons. The van der Waals surface area contributed by atoms with Gasteiger partial charge in [-0.15, -0.1) is 0 Å². The molecular weight excluding hydrogens is 477 g/mol. The molecule has 3 rings (SSSR count). The number of halogens is 2. The van der Waals surface area contributed by atoms with Crippen molar-refractivity contribution in [1.29, 1.82) is 0 Å². The number of benzene rings is 3. The molecule has 0 aliphatic carbocycles. The van der Waals surface area contributed by atoms with Gasteiger partial charge in [-0.05, 0) is 54.4 Å². The van der Waals surface area contributed by atoms with Crippen LogP contribution in [-0.2, 0) is 16.2 Å². The molecule has 3 aromatic rings. The van der Waals surface area contributed by atoms with Crippen LogP contribution < -0.4 is 20.2 Å². The largest absolute Gasteiger partial charge is 0.493 e. The Balaban J connectivity index is 1.51. The summed E-state index contributed by atoms with van der Waals surface area (Å²) in [5.74, 6) is 0.0355. The zero-order valence-electron chi connectivity index (χ0n) is 18.6. The summed E-state index contributed by atoms with van der Waals surface area (Å²) < 4.78 is 11.3. The third-order valence-electron chi connectivity index (χ3n) is 4.63. The van der Waals surface area contributed by atoms with E-state index in [2.05, 4.69) is 15.8 Å². The van der Waals surface area contributed by atoms with Gasteiger partial charge in [-0.3, -0.25) is 9.59 Å². The topological polar surface area (TPSA) is 89.0 Å². The lowest BCUT2D eigenvalue weighted by molar-refractivity contribution is -0.126. The highest BCUT2D eigenvalue weighted by atomic mass is 35.5. The van der Waals surface area contributed by atoms with Crippen molar-refractivity contribution in [1.82, 2.24) is 5.43 Å². The van der Waals surface area contributed by atoms with Crippen LogP contribution >= 0.6 is 23.2 Å². The number of hydrogen-bond donors (Lipinski definition) is 2. The summed E-state index contributed by atoms with van der Waals surface area (Å²) in [5, 5.41) is 7.14. The highest BCUT2D eigenvalue weighted by molar-refractivity contribution is 6.42. The molecule has 0 aliphatic rings. The van der Waals surface area contributed by atoms with E-state index in [4.69, 9.17) is 32.7 Å². The number of hydrazone groups is 1. The summed E-state index contributed by atoms with van der Waals surface area (Å²) >= 11 is 11.8. The average molecular weight is 500 g/mol. The average Bonchev–Trinajstić information content (AvgIpc) is 2.81.